The second-order valence-electron chi connectivity index (χ2n) is 17.8. The minimum Gasteiger partial charge on any atom is -0.488 e. The van der Waals surface area contributed by atoms with Crippen LogP contribution in [0.2, 0.25) is 0 Å². The number of benzene rings is 2. The normalized spacial score (nSPS) is 20.8. The lowest BCUT2D eigenvalue weighted by atomic mass is 9.87. The van der Waals surface area contributed by atoms with Crippen LogP contribution in [0.1, 0.15) is 138 Å². The number of hydrogen-bond donors (Lipinski definition) is 0. The number of fused-ring (bicyclic) bond motifs is 2. The van der Waals surface area contributed by atoms with Crippen molar-refractivity contribution >= 4 is 46.1 Å². The molecule has 8 nitrogen and oxygen atoms in total. The van der Waals surface area contributed by atoms with Gasteiger partial charge in [-0.2, -0.15) is 0 Å². The van der Waals surface area contributed by atoms with Crippen molar-refractivity contribution < 1.29 is 28.7 Å². The molecule has 59 heavy (non-hydrogen) atoms. The quantitative estimate of drug-likeness (QED) is 0.156. The van der Waals surface area contributed by atoms with E-state index >= 15 is 0 Å². The molecule has 0 saturated heterocycles. The first kappa shape index (κ1) is 42.3. The number of hydrogen-bond acceptors (Lipinski definition) is 8. The first-order chi connectivity index (χ1) is 27.6. The number of Topliss-reactive ketones (excluding diaryl/α,β-unsaturated/α-hetero) is 2. The number of amides is 2. The molecule has 4 aromatic rings. The van der Waals surface area contributed by atoms with Gasteiger partial charge in [0, 0.05) is 32.4 Å². The Balaban J connectivity index is 0.000000176. The van der Waals surface area contributed by atoms with Crippen LogP contribution < -0.4 is 9.47 Å². The fourth-order valence-electron chi connectivity index (χ4n) is 8.33. The average Bonchev–Trinajstić information content (AvgIpc) is 3.43. The standard InChI is InChI=1S/C24H25NO3S.C24H27NO3S.CH4/c1-15-3-8-20(21(26)11-15)25-13-22-19(23(25)27)12-18(29-22)14-28-17-6-4-16(5-7-17)24(2)9-10-24;1-15-5-10-20(21(26)11-15)25-13-22-19(23(25)27)12-18(29-22)14-28-17-8-6-16(7-9-17)24(2,3)4;/h4-7,12,20H,1,3,8-11,13-14H2,2H3;6-9,12,20H,1,5,10-11,13-14H2,2-4H3;1H4/t2*20-;/m00./s1. The van der Waals surface area contributed by atoms with Crippen LogP contribution in [0.4, 0.5) is 0 Å². The molecule has 4 heterocycles. The summed E-state index contributed by atoms with van der Waals surface area (Å²) in [6.07, 6.45) is 6.36. The van der Waals surface area contributed by atoms with Gasteiger partial charge in [-0.25, -0.2) is 0 Å². The molecule has 2 amide bonds. The maximum absolute atomic E-state index is 12.9. The summed E-state index contributed by atoms with van der Waals surface area (Å²) in [5, 5.41) is 0. The summed E-state index contributed by atoms with van der Waals surface area (Å²) in [6.45, 7) is 18.7. The van der Waals surface area contributed by atoms with E-state index in [1.165, 1.54) is 24.0 Å². The smallest absolute Gasteiger partial charge is 0.256 e. The summed E-state index contributed by atoms with van der Waals surface area (Å²) in [6, 6.07) is 19.9. The van der Waals surface area contributed by atoms with Crippen LogP contribution in [0.5, 0.6) is 11.5 Å². The third-order valence-electron chi connectivity index (χ3n) is 12.3. The van der Waals surface area contributed by atoms with E-state index in [2.05, 4.69) is 65.1 Å². The summed E-state index contributed by atoms with van der Waals surface area (Å²) in [5.41, 5.74) is 6.56. The van der Waals surface area contributed by atoms with Gasteiger partial charge in [-0.15, -0.1) is 22.7 Å². The number of nitrogens with zero attached hydrogens (tertiary/aromatic N) is 2. The minimum absolute atomic E-state index is 0. The van der Waals surface area contributed by atoms with E-state index in [0.717, 1.165) is 66.1 Å². The molecular formula is C49H56N2O6S2. The SMILES string of the molecule is C.C=C1CC[C@H](N2Cc3sc(COc4ccc(C(C)(C)C)cc4)cc3C2=O)C(=O)C1.C=C1CC[C@H](N2Cc3sc(COc4ccc(C5(C)CC5)cc4)cc3C2=O)C(=O)C1. The molecule has 0 radical (unpaired) electrons. The third kappa shape index (κ3) is 9.04. The van der Waals surface area contributed by atoms with Gasteiger partial charge in [0.15, 0.2) is 11.6 Å². The molecule has 2 aromatic heterocycles. The van der Waals surface area contributed by atoms with E-state index in [1.54, 1.807) is 32.5 Å². The highest BCUT2D eigenvalue weighted by molar-refractivity contribution is 7.12. The molecule has 0 N–H and O–H groups in total. The largest absolute Gasteiger partial charge is 0.488 e. The predicted octanol–water partition coefficient (Wildman–Crippen LogP) is 10.9. The number of thiophene rings is 2. The zero-order valence-corrected chi connectivity index (χ0v) is 35.6. The Labute approximate surface area is 356 Å². The Kier molecular flexibility index (Phi) is 12.0. The van der Waals surface area contributed by atoms with E-state index in [0.29, 0.717) is 57.4 Å². The van der Waals surface area contributed by atoms with Crippen molar-refractivity contribution in [3.05, 3.63) is 127 Å². The number of carbonyl (C=O) groups excluding carboxylic acids is 4. The molecule has 2 atom stereocenters. The molecule has 10 heteroatoms. The van der Waals surface area contributed by atoms with E-state index in [-0.39, 0.29) is 48.3 Å². The van der Waals surface area contributed by atoms with Gasteiger partial charge in [0.2, 0.25) is 0 Å². The maximum atomic E-state index is 12.9. The number of carbonyl (C=O) groups is 4. The lowest BCUT2D eigenvalue weighted by molar-refractivity contribution is -0.124. The highest BCUT2D eigenvalue weighted by Gasteiger charge is 2.41. The second-order valence-corrected chi connectivity index (χ2v) is 20.2. The number of rotatable bonds is 9. The number of ether oxygens (including phenoxy) is 2. The zero-order chi connectivity index (χ0) is 40.9. The van der Waals surface area contributed by atoms with Crippen molar-refractivity contribution in [2.45, 2.75) is 136 Å². The van der Waals surface area contributed by atoms with E-state index in [9.17, 15) is 19.2 Å². The second kappa shape index (κ2) is 16.7. The summed E-state index contributed by atoms with van der Waals surface area (Å²) >= 11 is 3.22. The lowest BCUT2D eigenvalue weighted by Crippen LogP contribution is -2.43. The highest BCUT2D eigenvalue weighted by Crippen LogP contribution is 2.48. The highest BCUT2D eigenvalue weighted by atomic mass is 32.1. The van der Waals surface area contributed by atoms with Gasteiger partial charge < -0.3 is 19.3 Å². The molecule has 0 bridgehead atoms. The van der Waals surface area contributed by atoms with Crippen molar-refractivity contribution in [2.75, 3.05) is 0 Å². The minimum atomic E-state index is -0.298. The first-order valence-electron chi connectivity index (χ1n) is 20.4. The van der Waals surface area contributed by atoms with E-state index < -0.39 is 0 Å². The van der Waals surface area contributed by atoms with Crippen molar-refractivity contribution in [3.63, 3.8) is 0 Å². The fraction of sp³-hybridized carbons (Fsp3) is 0.429. The molecule has 5 aliphatic rings. The molecule has 3 fully saturated rings. The summed E-state index contributed by atoms with van der Waals surface area (Å²) in [5.74, 6) is 1.88. The fourth-order valence-corrected chi connectivity index (χ4v) is 10.5. The van der Waals surface area contributed by atoms with Crippen LogP contribution in [-0.2, 0) is 46.7 Å². The summed E-state index contributed by atoms with van der Waals surface area (Å²) < 4.78 is 11.9. The molecule has 2 aromatic carbocycles. The Hall–Kier alpha value is -4.80. The molecule has 9 rings (SSSR count). The van der Waals surface area contributed by atoms with Crippen LogP contribution in [-0.4, -0.2) is 45.3 Å². The lowest BCUT2D eigenvalue weighted by Gasteiger charge is -2.30. The summed E-state index contributed by atoms with van der Waals surface area (Å²) in [4.78, 5) is 58.1. The number of allylic oxidation sites excluding steroid dienone is 2. The number of ketones is 2. The first-order valence-corrected chi connectivity index (χ1v) is 22.0. The average molecular weight is 833 g/mol. The van der Waals surface area contributed by atoms with E-state index in [1.807, 2.05) is 36.4 Å². The van der Waals surface area contributed by atoms with Crippen LogP contribution >= 0.6 is 22.7 Å². The van der Waals surface area contributed by atoms with Gasteiger partial charge in [-0.3, -0.25) is 19.2 Å². The van der Waals surface area contributed by atoms with Crippen LogP contribution in [0, 0.1) is 0 Å². The van der Waals surface area contributed by atoms with Crippen molar-refractivity contribution in [2.24, 2.45) is 0 Å². The zero-order valence-electron chi connectivity index (χ0n) is 34.0. The predicted molar refractivity (Wildman–Crippen MR) is 236 cm³/mol. The van der Waals surface area contributed by atoms with Crippen molar-refractivity contribution in [1.29, 1.82) is 0 Å². The Morgan fingerprint density at radius 1 is 0.695 bits per heavy atom. The molecule has 0 spiro atoms. The van der Waals surface area contributed by atoms with Gasteiger partial charge in [-0.1, -0.05) is 83.7 Å². The van der Waals surface area contributed by atoms with Gasteiger partial charge in [0.25, 0.3) is 11.8 Å². The molecule has 2 aliphatic heterocycles. The van der Waals surface area contributed by atoms with Crippen LogP contribution in [0.3, 0.4) is 0 Å². The Morgan fingerprint density at radius 2 is 1.12 bits per heavy atom. The van der Waals surface area contributed by atoms with Gasteiger partial charge in [0.1, 0.15) is 24.7 Å². The van der Waals surface area contributed by atoms with Crippen molar-refractivity contribution in [3.8, 4) is 11.5 Å². The van der Waals surface area contributed by atoms with Crippen LogP contribution in [0.25, 0.3) is 0 Å². The Morgan fingerprint density at radius 3 is 1.49 bits per heavy atom. The summed E-state index contributed by atoms with van der Waals surface area (Å²) in [7, 11) is 0. The molecule has 310 valence electrons. The third-order valence-corrected chi connectivity index (χ3v) is 14.4. The van der Waals surface area contributed by atoms with Gasteiger partial charge in [-0.05, 0) is 96.9 Å². The maximum Gasteiger partial charge on any atom is 0.256 e. The Bertz CT molecular complexity index is 2140. The van der Waals surface area contributed by atoms with Crippen molar-refractivity contribution in [1.82, 2.24) is 9.80 Å². The monoisotopic (exact) mass is 832 g/mol. The molecule has 3 aliphatic carbocycles. The molecule has 3 saturated carbocycles. The van der Waals surface area contributed by atoms with Gasteiger partial charge >= 0.3 is 0 Å². The molecular weight excluding hydrogens is 777 g/mol. The van der Waals surface area contributed by atoms with Crippen LogP contribution in [0.15, 0.2) is 85.0 Å². The van der Waals surface area contributed by atoms with E-state index in [4.69, 9.17) is 9.47 Å². The van der Waals surface area contributed by atoms with Gasteiger partial charge in [0.05, 0.1) is 36.3 Å². The molecule has 0 unspecified atom stereocenters. The topological polar surface area (TPSA) is 93.2 Å².